The number of aliphatic hydroxyl groups excluding tert-OH is 1. The van der Waals surface area contributed by atoms with Crippen LogP contribution in [-0.4, -0.2) is 40.9 Å². The van der Waals surface area contributed by atoms with Gasteiger partial charge >= 0.3 is 6.09 Å². The maximum Gasteiger partial charge on any atom is 0.410 e. The Balaban J connectivity index is 1.97. The predicted molar refractivity (Wildman–Crippen MR) is 69.3 cm³/mol. The third kappa shape index (κ3) is 3.16. The van der Waals surface area contributed by atoms with Crippen molar-refractivity contribution in [2.75, 3.05) is 13.1 Å². The Hall–Kier alpha value is -0.770. The first kappa shape index (κ1) is 13.7. The van der Waals surface area contributed by atoms with Gasteiger partial charge in [-0.3, -0.25) is 0 Å². The van der Waals surface area contributed by atoms with E-state index in [1.807, 2.05) is 20.8 Å². The second kappa shape index (κ2) is 5.08. The van der Waals surface area contributed by atoms with Crippen LogP contribution < -0.4 is 0 Å². The minimum absolute atomic E-state index is 0.287. The van der Waals surface area contributed by atoms with E-state index in [9.17, 15) is 9.90 Å². The van der Waals surface area contributed by atoms with Crippen LogP contribution in [0.25, 0.3) is 0 Å². The number of nitrogens with zero attached hydrogens (tertiary/aromatic N) is 1. The molecule has 0 unspecified atom stereocenters. The largest absolute Gasteiger partial charge is 0.444 e. The molecule has 1 heterocycles. The fraction of sp³-hybridized carbons (Fsp3) is 0.929. The summed E-state index contributed by atoms with van der Waals surface area (Å²) < 4.78 is 5.38. The van der Waals surface area contributed by atoms with Crippen LogP contribution in [0.15, 0.2) is 0 Å². The average molecular weight is 255 g/mol. The second-order valence-electron chi connectivity index (χ2n) is 6.66. The molecule has 4 heteroatoms. The Morgan fingerprint density at radius 3 is 2.56 bits per heavy atom. The van der Waals surface area contributed by atoms with Crippen molar-refractivity contribution in [3.8, 4) is 0 Å². The number of piperidine rings is 1. The smallest absolute Gasteiger partial charge is 0.410 e. The lowest BCUT2D eigenvalue weighted by Crippen LogP contribution is -2.53. The number of fused-ring (bicyclic) bond motifs is 1. The molecule has 0 bridgehead atoms. The summed E-state index contributed by atoms with van der Waals surface area (Å²) >= 11 is 0. The number of carbonyl (C=O) groups is 1. The Labute approximate surface area is 109 Å². The highest BCUT2D eigenvalue weighted by Crippen LogP contribution is 2.36. The number of β-amino-alcohol motifs (C(OH)–C–C–N with tert-alkyl or cyclic N) is 1. The van der Waals surface area contributed by atoms with Crippen LogP contribution in [0.3, 0.4) is 0 Å². The zero-order chi connectivity index (χ0) is 13.3. The van der Waals surface area contributed by atoms with Crippen molar-refractivity contribution in [2.45, 2.75) is 58.2 Å². The highest BCUT2D eigenvalue weighted by Gasteiger charge is 2.39. The zero-order valence-corrected chi connectivity index (χ0v) is 11.7. The molecule has 1 N–H and O–H groups in total. The summed E-state index contributed by atoms with van der Waals surface area (Å²) in [7, 11) is 0. The Morgan fingerprint density at radius 2 is 1.89 bits per heavy atom. The fourth-order valence-corrected chi connectivity index (χ4v) is 3.16. The van der Waals surface area contributed by atoms with Gasteiger partial charge < -0.3 is 14.7 Å². The molecule has 0 aromatic heterocycles. The maximum atomic E-state index is 12.0. The van der Waals surface area contributed by atoms with Crippen molar-refractivity contribution in [3.63, 3.8) is 0 Å². The number of rotatable bonds is 0. The highest BCUT2D eigenvalue weighted by molar-refractivity contribution is 5.68. The molecular formula is C14H25NO3. The van der Waals surface area contributed by atoms with E-state index in [0.717, 1.165) is 19.4 Å². The minimum atomic E-state index is -0.467. The maximum absolute atomic E-state index is 12.0. The third-order valence-corrected chi connectivity index (χ3v) is 3.98. The van der Waals surface area contributed by atoms with E-state index in [2.05, 4.69) is 0 Å². The topological polar surface area (TPSA) is 49.8 Å². The zero-order valence-electron chi connectivity index (χ0n) is 11.7. The van der Waals surface area contributed by atoms with Crippen LogP contribution in [0.2, 0.25) is 0 Å². The number of amides is 1. The second-order valence-corrected chi connectivity index (χ2v) is 6.66. The molecule has 0 radical (unpaired) electrons. The molecule has 1 saturated carbocycles. The van der Waals surface area contributed by atoms with Gasteiger partial charge in [0.2, 0.25) is 0 Å². The molecule has 1 aliphatic heterocycles. The fourth-order valence-electron chi connectivity index (χ4n) is 3.16. The first-order chi connectivity index (χ1) is 8.37. The van der Waals surface area contributed by atoms with Gasteiger partial charge in [-0.1, -0.05) is 12.8 Å². The van der Waals surface area contributed by atoms with E-state index in [-0.39, 0.29) is 12.2 Å². The van der Waals surface area contributed by atoms with Crippen LogP contribution >= 0.6 is 0 Å². The molecule has 0 spiro atoms. The first-order valence-corrected chi connectivity index (χ1v) is 7.03. The number of hydrogen-bond acceptors (Lipinski definition) is 3. The van der Waals surface area contributed by atoms with E-state index in [1.165, 1.54) is 12.8 Å². The van der Waals surface area contributed by atoms with Crippen molar-refractivity contribution in [3.05, 3.63) is 0 Å². The molecule has 2 aliphatic rings. The Kier molecular flexibility index (Phi) is 3.85. The van der Waals surface area contributed by atoms with E-state index in [0.29, 0.717) is 18.4 Å². The number of carbonyl (C=O) groups excluding carboxylic acids is 1. The number of aliphatic hydroxyl groups is 1. The summed E-state index contributed by atoms with van der Waals surface area (Å²) in [5, 5.41) is 10.2. The van der Waals surface area contributed by atoms with Crippen molar-refractivity contribution in [1.82, 2.24) is 4.90 Å². The molecule has 4 nitrogen and oxygen atoms in total. The van der Waals surface area contributed by atoms with Gasteiger partial charge in [0.15, 0.2) is 0 Å². The van der Waals surface area contributed by atoms with E-state index < -0.39 is 5.60 Å². The molecule has 2 fully saturated rings. The van der Waals surface area contributed by atoms with Gasteiger partial charge in [-0.05, 0) is 45.4 Å². The molecule has 1 aliphatic carbocycles. The van der Waals surface area contributed by atoms with Gasteiger partial charge in [0.25, 0.3) is 0 Å². The van der Waals surface area contributed by atoms with Gasteiger partial charge in [-0.2, -0.15) is 0 Å². The van der Waals surface area contributed by atoms with Gasteiger partial charge in [0.05, 0.1) is 12.6 Å². The van der Waals surface area contributed by atoms with Gasteiger partial charge in [0.1, 0.15) is 5.60 Å². The van der Waals surface area contributed by atoms with Crippen LogP contribution in [0.1, 0.15) is 46.5 Å². The lowest BCUT2D eigenvalue weighted by molar-refractivity contribution is -0.0450. The SMILES string of the molecule is CC(C)(C)OC(=O)N1C[C@@H]2CCCC[C@@H]2[C@H](O)C1. The quantitative estimate of drug-likeness (QED) is 0.723. The molecule has 1 amide bonds. The van der Waals surface area contributed by atoms with Crippen molar-refractivity contribution >= 4 is 6.09 Å². The lowest BCUT2D eigenvalue weighted by Gasteiger charge is -2.44. The molecule has 0 aromatic rings. The highest BCUT2D eigenvalue weighted by atomic mass is 16.6. The van der Waals surface area contributed by atoms with Gasteiger partial charge in [0, 0.05) is 6.54 Å². The van der Waals surface area contributed by atoms with Crippen molar-refractivity contribution < 1.29 is 14.6 Å². The summed E-state index contributed by atoms with van der Waals surface area (Å²) in [5.74, 6) is 0.840. The number of likely N-dealkylation sites (tertiary alicyclic amines) is 1. The molecule has 0 aromatic carbocycles. The first-order valence-electron chi connectivity index (χ1n) is 7.03. The average Bonchev–Trinajstić information content (AvgIpc) is 2.26. The van der Waals surface area contributed by atoms with E-state index in [1.54, 1.807) is 4.90 Å². The standard InChI is InChI=1S/C14H25NO3/c1-14(2,3)18-13(17)15-8-10-6-4-5-7-11(10)12(16)9-15/h10-12,16H,4-9H2,1-3H3/t10-,11-,12+/m0/s1. The summed E-state index contributed by atoms with van der Waals surface area (Å²) in [6.07, 6.45) is 4.00. The predicted octanol–water partition coefficient (Wildman–Crippen LogP) is 2.40. The summed E-state index contributed by atoms with van der Waals surface area (Å²) in [6, 6.07) is 0. The molecule has 18 heavy (non-hydrogen) atoms. The molecule has 1 saturated heterocycles. The summed E-state index contributed by atoms with van der Waals surface area (Å²) in [4.78, 5) is 13.7. The Bertz CT molecular complexity index is 311. The summed E-state index contributed by atoms with van der Waals surface area (Å²) in [5.41, 5.74) is -0.467. The lowest BCUT2D eigenvalue weighted by atomic mass is 9.74. The van der Waals surface area contributed by atoms with E-state index in [4.69, 9.17) is 4.74 Å². The van der Waals surface area contributed by atoms with Gasteiger partial charge in [-0.15, -0.1) is 0 Å². The number of ether oxygens (including phenoxy) is 1. The van der Waals surface area contributed by atoms with Crippen molar-refractivity contribution in [2.24, 2.45) is 11.8 Å². The number of hydrogen-bond donors (Lipinski definition) is 1. The van der Waals surface area contributed by atoms with Crippen molar-refractivity contribution in [1.29, 1.82) is 0 Å². The molecule has 3 atom stereocenters. The third-order valence-electron chi connectivity index (χ3n) is 3.98. The van der Waals surface area contributed by atoms with Crippen LogP contribution in [0.5, 0.6) is 0 Å². The molecule has 2 rings (SSSR count). The monoisotopic (exact) mass is 255 g/mol. The molecular weight excluding hydrogens is 230 g/mol. The summed E-state index contributed by atoms with van der Waals surface area (Å²) in [6.45, 7) is 6.78. The normalized spacial score (nSPS) is 32.9. The minimum Gasteiger partial charge on any atom is -0.444 e. The van der Waals surface area contributed by atoms with Gasteiger partial charge in [-0.25, -0.2) is 4.79 Å². The van der Waals surface area contributed by atoms with Crippen LogP contribution in [0.4, 0.5) is 4.79 Å². The Morgan fingerprint density at radius 1 is 1.22 bits per heavy atom. The van der Waals surface area contributed by atoms with E-state index >= 15 is 0 Å². The molecule has 104 valence electrons. The van der Waals surface area contributed by atoms with Crippen LogP contribution in [-0.2, 0) is 4.74 Å². The van der Waals surface area contributed by atoms with Crippen LogP contribution in [0, 0.1) is 11.8 Å².